The molecule has 3 amide bonds. The maximum Gasteiger partial charge on any atom is 0.318 e. The van der Waals surface area contributed by atoms with Crippen molar-refractivity contribution in [3.8, 4) is 5.75 Å². The van der Waals surface area contributed by atoms with Gasteiger partial charge in [0.05, 0.1) is 17.6 Å². The number of urea groups is 1. The molecule has 8 nitrogen and oxygen atoms in total. The summed E-state index contributed by atoms with van der Waals surface area (Å²) in [5.41, 5.74) is 5.66. The minimum Gasteiger partial charge on any atom is -0.496 e. The van der Waals surface area contributed by atoms with Gasteiger partial charge >= 0.3 is 6.03 Å². The number of para-hydroxylation sites is 1. The van der Waals surface area contributed by atoms with Crippen molar-refractivity contribution in [2.24, 2.45) is 5.73 Å². The SMILES string of the molecule is COc1ccccc1C(=O)NS(=O)(=O)c1ccc(N(C)C(N)=O)cc1. The van der Waals surface area contributed by atoms with Crippen LogP contribution in [0.5, 0.6) is 5.75 Å². The van der Waals surface area contributed by atoms with Gasteiger partial charge in [-0.15, -0.1) is 0 Å². The van der Waals surface area contributed by atoms with E-state index >= 15 is 0 Å². The van der Waals surface area contributed by atoms with Crippen LogP contribution in [0.1, 0.15) is 10.4 Å². The molecule has 0 heterocycles. The quantitative estimate of drug-likeness (QED) is 0.831. The Labute approximate surface area is 145 Å². The summed E-state index contributed by atoms with van der Waals surface area (Å²) in [5, 5.41) is 0. The van der Waals surface area contributed by atoms with E-state index in [0.717, 1.165) is 4.90 Å². The Morgan fingerprint density at radius 1 is 1.08 bits per heavy atom. The van der Waals surface area contributed by atoms with E-state index in [4.69, 9.17) is 10.5 Å². The van der Waals surface area contributed by atoms with Gasteiger partial charge in [0.2, 0.25) is 0 Å². The van der Waals surface area contributed by atoms with Gasteiger partial charge in [0.15, 0.2) is 0 Å². The molecule has 132 valence electrons. The zero-order chi connectivity index (χ0) is 18.6. The van der Waals surface area contributed by atoms with Crippen molar-refractivity contribution in [1.29, 1.82) is 0 Å². The molecule has 0 aromatic heterocycles. The van der Waals surface area contributed by atoms with Gasteiger partial charge in [0.25, 0.3) is 15.9 Å². The molecular weight excluding hydrogens is 346 g/mol. The van der Waals surface area contributed by atoms with Gasteiger partial charge < -0.3 is 10.5 Å². The molecule has 0 radical (unpaired) electrons. The largest absolute Gasteiger partial charge is 0.496 e. The summed E-state index contributed by atoms with van der Waals surface area (Å²) in [7, 11) is -1.25. The summed E-state index contributed by atoms with van der Waals surface area (Å²) in [6.45, 7) is 0. The Morgan fingerprint density at radius 2 is 1.68 bits per heavy atom. The van der Waals surface area contributed by atoms with Crippen molar-refractivity contribution in [3.05, 3.63) is 54.1 Å². The number of hydrogen-bond acceptors (Lipinski definition) is 5. The summed E-state index contributed by atoms with van der Waals surface area (Å²) in [6.07, 6.45) is 0. The number of anilines is 1. The van der Waals surface area contributed by atoms with E-state index in [0.29, 0.717) is 5.69 Å². The topological polar surface area (TPSA) is 119 Å². The van der Waals surface area contributed by atoms with Crippen LogP contribution in [-0.4, -0.2) is 34.5 Å². The lowest BCUT2D eigenvalue weighted by atomic mass is 10.2. The van der Waals surface area contributed by atoms with Crippen LogP contribution in [0, 0.1) is 0 Å². The summed E-state index contributed by atoms with van der Waals surface area (Å²) in [4.78, 5) is 24.4. The fourth-order valence-corrected chi connectivity index (χ4v) is 3.01. The molecule has 0 bridgehead atoms. The van der Waals surface area contributed by atoms with E-state index in [1.807, 2.05) is 4.72 Å². The molecule has 0 aliphatic heterocycles. The number of nitrogens with two attached hydrogens (primary N) is 1. The van der Waals surface area contributed by atoms with Crippen LogP contribution in [0.4, 0.5) is 10.5 Å². The van der Waals surface area contributed by atoms with Crippen LogP contribution >= 0.6 is 0 Å². The number of rotatable bonds is 5. The van der Waals surface area contributed by atoms with E-state index < -0.39 is 22.0 Å². The van der Waals surface area contributed by atoms with Gasteiger partial charge in [-0.1, -0.05) is 12.1 Å². The fourth-order valence-electron chi connectivity index (χ4n) is 2.04. The Morgan fingerprint density at radius 3 is 2.24 bits per heavy atom. The number of nitrogens with zero attached hydrogens (tertiary/aromatic N) is 1. The highest BCUT2D eigenvalue weighted by Gasteiger charge is 2.21. The molecule has 0 fully saturated rings. The van der Waals surface area contributed by atoms with Crippen molar-refractivity contribution >= 4 is 27.6 Å². The Hall–Kier alpha value is -3.07. The van der Waals surface area contributed by atoms with Gasteiger partial charge in [-0.25, -0.2) is 17.9 Å². The van der Waals surface area contributed by atoms with Crippen LogP contribution in [0.2, 0.25) is 0 Å². The second-order valence-corrected chi connectivity index (χ2v) is 6.71. The van der Waals surface area contributed by atoms with Gasteiger partial charge in [-0.2, -0.15) is 0 Å². The van der Waals surface area contributed by atoms with E-state index in [-0.39, 0.29) is 16.2 Å². The summed E-state index contributed by atoms with van der Waals surface area (Å²) in [6, 6.07) is 10.9. The molecule has 3 N–H and O–H groups in total. The molecule has 2 aromatic rings. The zero-order valence-corrected chi connectivity index (χ0v) is 14.4. The molecule has 2 rings (SSSR count). The molecule has 0 aliphatic rings. The number of carbonyl (C=O) groups is 2. The van der Waals surface area contributed by atoms with Crippen molar-refractivity contribution in [3.63, 3.8) is 0 Å². The molecule has 0 atom stereocenters. The highest BCUT2D eigenvalue weighted by atomic mass is 32.2. The molecule has 9 heteroatoms. The van der Waals surface area contributed by atoms with Crippen LogP contribution in [0.25, 0.3) is 0 Å². The molecule has 0 saturated heterocycles. The van der Waals surface area contributed by atoms with Gasteiger partial charge in [0, 0.05) is 12.7 Å². The van der Waals surface area contributed by atoms with Gasteiger partial charge in [-0.3, -0.25) is 9.69 Å². The standard InChI is InChI=1S/C16H17N3O5S/c1-19(16(17)21)11-7-9-12(10-8-11)25(22,23)18-15(20)13-5-3-4-6-14(13)24-2/h3-10H,1-2H3,(H2,17,21)(H,18,20). The lowest BCUT2D eigenvalue weighted by Crippen LogP contribution is -2.32. The van der Waals surface area contributed by atoms with Crippen LogP contribution in [-0.2, 0) is 10.0 Å². The van der Waals surface area contributed by atoms with E-state index in [1.54, 1.807) is 18.2 Å². The van der Waals surface area contributed by atoms with E-state index in [2.05, 4.69) is 0 Å². The Bertz CT molecular complexity index is 894. The number of nitrogens with one attached hydrogen (secondary N) is 1. The van der Waals surface area contributed by atoms with Crippen LogP contribution in [0.3, 0.4) is 0 Å². The lowest BCUT2D eigenvalue weighted by molar-refractivity contribution is 0.0978. The first-order valence-electron chi connectivity index (χ1n) is 7.09. The molecular formula is C16H17N3O5S. The fraction of sp³-hybridized carbons (Fsp3) is 0.125. The average Bonchev–Trinajstić information content (AvgIpc) is 2.60. The molecule has 25 heavy (non-hydrogen) atoms. The van der Waals surface area contributed by atoms with Gasteiger partial charge in [0.1, 0.15) is 5.75 Å². The maximum atomic E-state index is 12.4. The second-order valence-electron chi connectivity index (χ2n) is 5.03. The predicted octanol–water partition coefficient (Wildman–Crippen LogP) is 1.33. The Balaban J connectivity index is 2.24. The smallest absolute Gasteiger partial charge is 0.318 e. The van der Waals surface area contributed by atoms with E-state index in [1.165, 1.54) is 44.5 Å². The monoisotopic (exact) mass is 363 g/mol. The zero-order valence-electron chi connectivity index (χ0n) is 13.6. The van der Waals surface area contributed by atoms with E-state index in [9.17, 15) is 18.0 Å². The minimum absolute atomic E-state index is 0.0960. The van der Waals surface area contributed by atoms with Crippen molar-refractivity contribution in [2.45, 2.75) is 4.90 Å². The van der Waals surface area contributed by atoms with Crippen molar-refractivity contribution < 1.29 is 22.7 Å². The van der Waals surface area contributed by atoms with Crippen LogP contribution < -0.4 is 20.1 Å². The highest BCUT2D eigenvalue weighted by Crippen LogP contribution is 2.20. The lowest BCUT2D eigenvalue weighted by Gasteiger charge is -2.15. The third kappa shape index (κ3) is 4.07. The number of carbonyl (C=O) groups excluding carboxylic acids is 2. The Kier molecular flexibility index (Phi) is 5.28. The number of primary amides is 1. The number of benzene rings is 2. The first-order chi connectivity index (χ1) is 11.8. The predicted molar refractivity (Wildman–Crippen MR) is 92.1 cm³/mol. The average molecular weight is 363 g/mol. The van der Waals surface area contributed by atoms with Crippen molar-refractivity contribution in [1.82, 2.24) is 4.72 Å². The second kappa shape index (κ2) is 7.22. The summed E-state index contributed by atoms with van der Waals surface area (Å²) >= 11 is 0. The molecule has 0 saturated carbocycles. The minimum atomic E-state index is -4.09. The third-order valence-electron chi connectivity index (χ3n) is 3.44. The number of amides is 3. The number of sulfonamides is 1. The number of ether oxygens (including phenoxy) is 1. The molecule has 0 aliphatic carbocycles. The van der Waals surface area contributed by atoms with Crippen molar-refractivity contribution in [2.75, 3.05) is 19.1 Å². The highest BCUT2D eigenvalue weighted by molar-refractivity contribution is 7.90. The summed E-state index contributed by atoms with van der Waals surface area (Å²) in [5.74, 6) is -0.551. The first kappa shape index (κ1) is 18.3. The number of methoxy groups -OCH3 is 1. The molecule has 0 spiro atoms. The van der Waals surface area contributed by atoms with Crippen LogP contribution in [0.15, 0.2) is 53.4 Å². The third-order valence-corrected chi connectivity index (χ3v) is 4.79. The van der Waals surface area contributed by atoms with Gasteiger partial charge in [-0.05, 0) is 36.4 Å². The molecule has 0 unspecified atom stereocenters. The normalized spacial score (nSPS) is 10.8. The molecule has 2 aromatic carbocycles. The first-order valence-corrected chi connectivity index (χ1v) is 8.58. The number of hydrogen-bond donors (Lipinski definition) is 2. The maximum absolute atomic E-state index is 12.4. The summed E-state index contributed by atoms with van der Waals surface area (Å²) < 4.78 is 31.7.